The molecule has 2 aromatic carbocycles. The molecule has 2 fully saturated rings. The topological polar surface area (TPSA) is 55.8 Å². The molecule has 140 valence electrons. The Morgan fingerprint density at radius 1 is 1.04 bits per heavy atom. The molecule has 0 saturated carbocycles. The van der Waals surface area contributed by atoms with Crippen LogP contribution in [0.3, 0.4) is 0 Å². The van der Waals surface area contributed by atoms with Crippen molar-refractivity contribution in [1.82, 2.24) is 4.90 Å². The highest BCUT2D eigenvalue weighted by Crippen LogP contribution is 2.39. The summed E-state index contributed by atoms with van der Waals surface area (Å²) in [7, 11) is 0. The van der Waals surface area contributed by atoms with E-state index < -0.39 is 6.09 Å². The third kappa shape index (κ3) is 3.23. The number of nitrogens with zero attached hydrogens (tertiary/aromatic N) is 1. The molecular formula is C22H23NO4. The number of aryl methyl sites for hydroxylation is 2. The van der Waals surface area contributed by atoms with E-state index in [1.54, 1.807) is 0 Å². The first-order chi connectivity index (χ1) is 13.1. The van der Waals surface area contributed by atoms with Crippen molar-refractivity contribution in [3.05, 3.63) is 70.8 Å². The molecule has 27 heavy (non-hydrogen) atoms. The van der Waals surface area contributed by atoms with E-state index in [9.17, 15) is 9.59 Å². The molecule has 0 N–H and O–H groups in total. The van der Waals surface area contributed by atoms with Gasteiger partial charge in [0.1, 0.15) is 12.6 Å². The van der Waals surface area contributed by atoms with Crippen molar-refractivity contribution >= 4 is 12.0 Å². The zero-order chi connectivity index (χ0) is 19.0. The summed E-state index contributed by atoms with van der Waals surface area (Å²) >= 11 is 0. The molecule has 4 rings (SSSR count). The first-order valence-corrected chi connectivity index (χ1v) is 9.30. The molecule has 0 spiro atoms. The number of carbonyl (C=O) groups is 2. The lowest BCUT2D eigenvalue weighted by Gasteiger charge is -2.26. The number of rotatable bonds is 3. The van der Waals surface area contributed by atoms with Crippen LogP contribution >= 0.6 is 0 Å². The summed E-state index contributed by atoms with van der Waals surface area (Å²) in [5.41, 5.74) is 4.25. The van der Waals surface area contributed by atoms with Crippen LogP contribution in [0.15, 0.2) is 48.5 Å². The van der Waals surface area contributed by atoms with Gasteiger partial charge < -0.3 is 9.47 Å². The minimum Gasteiger partial charge on any atom is -0.446 e. The molecule has 5 nitrogen and oxygen atoms in total. The van der Waals surface area contributed by atoms with E-state index in [1.165, 1.54) is 10.5 Å². The Bertz CT molecular complexity index is 864. The molecule has 0 aromatic heterocycles. The number of imide groups is 1. The van der Waals surface area contributed by atoms with Crippen LogP contribution in [0.2, 0.25) is 0 Å². The van der Waals surface area contributed by atoms with E-state index >= 15 is 0 Å². The third-order valence-electron chi connectivity index (χ3n) is 5.56. The van der Waals surface area contributed by atoms with Gasteiger partial charge in [-0.15, -0.1) is 0 Å². The molecule has 0 aliphatic carbocycles. The van der Waals surface area contributed by atoms with Gasteiger partial charge >= 0.3 is 6.09 Å². The van der Waals surface area contributed by atoms with Crippen LogP contribution in [0, 0.1) is 19.8 Å². The lowest BCUT2D eigenvalue weighted by Crippen LogP contribution is -2.39. The summed E-state index contributed by atoms with van der Waals surface area (Å²) in [5, 5.41) is 0. The second kappa shape index (κ2) is 7.16. The smallest absolute Gasteiger partial charge is 0.417 e. The van der Waals surface area contributed by atoms with Gasteiger partial charge in [-0.25, -0.2) is 9.69 Å². The molecule has 0 unspecified atom stereocenters. The van der Waals surface area contributed by atoms with E-state index in [-0.39, 0.29) is 30.6 Å². The van der Waals surface area contributed by atoms with Gasteiger partial charge in [-0.2, -0.15) is 0 Å². The summed E-state index contributed by atoms with van der Waals surface area (Å²) in [6.07, 6.45) is -0.303. The minimum atomic E-state index is -0.570. The second-order valence-corrected chi connectivity index (χ2v) is 7.24. The maximum Gasteiger partial charge on any atom is 0.417 e. The monoisotopic (exact) mass is 365 g/mol. The predicted octanol–water partition coefficient (Wildman–Crippen LogP) is 4.10. The summed E-state index contributed by atoms with van der Waals surface area (Å²) < 4.78 is 11.1. The Morgan fingerprint density at radius 2 is 1.81 bits per heavy atom. The number of carbonyl (C=O) groups excluding carboxylic acids is 2. The minimum absolute atomic E-state index is 0.191. The van der Waals surface area contributed by atoms with Gasteiger partial charge in [0.25, 0.3) is 0 Å². The molecule has 0 radical (unpaired) electrons. The third-order valence-corrected chi connectivity index (χ3v) is 5.56. The fourth-order valence-electron chi connectivity index (χ4n) is 3.88. The highest BCUT2D eigenvalue weighted by atomic mass is 16.6. The Labute approximate surface area is 158 Å². The van der Waals surface area contributed by atoms with Crippen molar-refractivity contribution in [2.75, 3.05) is 13.2 Å². The number of hydrogen-bond acceptors (Lipinski definition) is 4. The lowest BCUT2D eigenvalue weighted by molar-refractivity contribution is -0.135. The average molecular weight is 365 g/mol. The molecule has 2 heterocycles. The Morgan fingerprint density at radius 3 is 2.56 bits per heavy atom. The Hall–Kier alpha value is -2.66. The van der Waals surface area contributed by atoms with Gasteiger partial charge in [-0.3, -0.25) is 4.79 Å². The quantitative estimate of drug-likeness (QED) is 0.822. The van der Waals surface area contributed by atoms with Crippen molar-refractivity contribution in [3.63, 3.8) is 0 Å². The first-order valence-electron chi connectivity index (χ1n) is 9.30. The van der Waals surface area contributed by atoms with Crippen LogP contribution in [-0.2, 0) is 14.3 Å². The highest BCUT2D eigenvalue weighted by Gasteiger charge is 2.45. The Kier molecular flexibility index (Phi) is 4.70. The zero-order valence-corrected chi connectivity index (χ0v) is 15.6. The van der Waals surface area contributed by atoms with E-state index in [0.29, 0.717) is 13.0 Å². The van der Waals surface area contributed by atoms with Crippen LogP contribution in [0.4, 0.5) is 4.79 Å². The Balaban J connectivity index is 1.62. The fourth-order valence-corrected chi connectivity index (χ4v) is 3.88. The summed E-state index contributed by atoms with van der Waals surface area (Å²) in [6.45, 7) is 4.80. The number of ether oxygens (including phenoxy) is 2. The second-order valence-electron chi connectivity index (χ2n) is 7.24. The zero-order valence-electron chi connectivity index (χ0n) is 15.6. The number of benzene rings is 2. The molecule has 2 aliphatic heterocycles. The molecule has 2 saturated heterocycles. The molecule has 0 bridgehead atoms. The van der Waals surface area contributed by atoms with E-state index in [2.05, 4.69) is 13.0 Å². The number of cyclic esters (lactones) is 1. The number of hydrogen-bond donors (Lipinski definition) is 0. The normalized spacial score (nSPS) is 24.9. The summed E-state index contributed by atoms with van der Waals surface area (Å²) in [4.78, 5) is 26.9. The van der Waals surface area contributed by atoms with Crippen molar-refractivity contribution in [1.29, 1.82) is 0 Å². The van der Waals surface area contributed by atoms with Gasteiger partial charge in [0, 0.05) is 6.61 Å². The molecule has 2 aliphatic rings. The van der Waals surface area contributed by atoms with Crippen molar-refractivity contribution in [2.24, 2.45) is 5.92 Å². The SMILES string of the molecule is Cc1ccc([C@H]2OCC[C@H]2C(=O)N2C(=O)OC[C@@H]2c2ccccc2)cc1C. The van der Waals surface area contributed by atoms with Crippen LogP contribution < -0.4 is 0 Å². The number of amides is 2. The van der Waals surface area contributed by atoms with Crippen molar-refractivity contribution < 1.29 is 19.1 Å². The highest BCUT2D eigenvalue weighted by molar-refractivity contribution is 5.95. The maximum absolute atomic E-state index is 13.3. The fraction of sp³-hybridized carbons (Fsp3) is 0.364. The largest absolute Gasteiger partial charge is 0.446 e. The summed E-state index contributed by atoms with van der Waals surface area (Å²) in [5.74, 6) is -0.601. The standard InChI is InChI=1S/C22H23NO4/c1-14-8-9-17(12-15(14)2)20-18(10-11-26-20)21(24)23-19(13-27-22(23)25)16-6-4-3-5-7-16/h3-9,12,18-20H,10-11,13H2,1-2H3/t18-,19-,20-/m1/s1. The van der Waals surface area contributed by atoms with Gasteiger partial charge in [-0.05, 0) is 42.5 Å². The van der Waals surface area contributed by atoms with Crippen LogP contribution in [-0.4, -0.2) is 30.1 Å². The van der Waals surface area contributed by atoms with Gasteiger partial charge in [0.05, 0.1) is 12.0 Å². The van der Waals surface area contributed by atoms with E-state index in [0.717, 1.165) is 16.7 Å². The van der Waals surface area contributed by atoms with E-state index in [1.807, 2.05) is 49.4 Å². The predicted molar refractivity (Wildman–Crippen MR) is 100 cm³/mol. The van der Waals surface area contributed by atoms with Crippen LogP contribution in [0.25, 0.3) is 0 Å². The van der Waals surface area contributed by atoms with Crippen LogP contribution in [0.5, 0.6) is 0 Å². The van der Waals surface area contributed by atoms with Crippen molar-refractivity contribution in [2.45, 2.75) is 32.4 Å². The molecule has 2 aromatic rings. The maximum atomic E-state index is 13.3. The first kappa shape index (κ1) is 17.7. The lowest BCUT2D eigenvalue weighted by atomic mass is 9.91. The molecule has 2 amide bonds. The average Bonchev–Trinajstić information content (AvgIpc) is 3.31. The van der Waals surface area contributed by atoms with Crippen molar-refractivity contribution in [3.8, 4) is 0 Å². The van der Waals surface area contributed by atoms with E-state index in [4.69, 9.17) is 9.47 Å². The molecule has 5 heteroatoms. The van der Waals surface area contributed by atoms with Gasteiger partial charge in [0.2, 0.25) is 5.91 Å². The summed E-state index contributed by atoms with van der Waals surface area (Å²) in [6, 6.07) is 15.3. The van der Waals surface area contributed by atoms with Gasteiger partial charge in [-0.1, -0.05) is 48.5 Å². The van der Waals surface area contributed by atoms with Gasteiger partial charge in [0.15, 0.2) is 0 Å². The molecular weight excluding hydrogens is 342 g/mol. The van der Waals surface area contributed by atoms with Crippen LogP contribution in [0.1, 0.15) is 40.8 Å². The molecule has 3 atom stereocenters.